The summed E-state index contributed by atoms with van der Waals surface area (Å²) in [6.45, 7) is 0. The topological polar surface area (TPSA) is 81.2 Å². The van der Waals surface area contributed by atoms with Crippen LogP contribution in [-0.2, 0) is 0 Å². The maximum Gasteiger partial charge on any atom is 0.271 e. The van der Waals surface area contributed by atoms with Crippen molar-refractivity contribution in [3.05, 3.63) is 58.6 Å². The zero-order chi connectivity index (χ0) is 12.3. The number of nitrogens with two attached hydrogens (primary N) is 1. The number of rotatable bonds is 3. The molecule has 0 amide bonds. The van der Waals surface area contributed by atoms with E-state index >= 15 is 0 Å². The van der Waals surface area contributed by atoms with Gasteiger partial charge < -0.3 is 11.1 Å². The lowest BCUT2D eigenvalue weighted by Gasteiger charge is -2.08. The number of hydrogen-bond donors (Lipinski definition) is 2. The van der Waals surface area contributed by atoms with Gasteiger partial charge in [0.25, 0.3) is 5.69 Å². The fraction of sp³-hybridized carbons (Fsp3) is 0. The summed E-state index contributed by atoms with van der Waals surface area (Å²) < 4.78 is 0. The number of hydrogen-bond acceptors (Lipinski definition) is 4. The van der Waals surface area contributed by atoms with Crippen LogP contribution < -0.4 is 11.1 Å². The van der Waals surface area contributed by atoms with Gasteiger partial charge in [-0.15, -0.1) is 0 Å². The van der Waals surface area contributed by atoms with E-state index in [2.05, 4.69) is 5.32 Å². The van der Waals surface area contributed by atoms with Crippen LogP contribution in [0.15, 0.2) is 48.5 Å². The average molecular weight is 229 g/mol. The van der Waals surface area contributed by atoms with E-state index in [1.54, 1.807) is 0 Å². The molecule has 86 valence electrons. The van der Waals surface area contributed by atoms with Gasteiger partial charge in [-0.25, -0.2) is 0 Å². The molecule has 0 aliphatic carbocycles. The Hall–Kier alpha value is -2.56. The molecule has 0 atom stereocenters. The van der Waals surface area contributed by atoms with Gasteiger partial charge in [-0.05, 0) is 18.2 Å². The number of benzene rings is 2. The standard InChI is InChI=1S/C12H11N3O2/c13-11-7-6-10(15(16)17)8-12(11)14-9-4-2-1-3-5-9/h1-8,14H,13H2. The predicted octanol–water partition coefficient (Wildman–Crippen LogP) is 2.92. The van der Waals surface area contributed by atoms with Gasteiger partial charge in [0.05, 0.1) is 16.3 Å². The molecule has 0 saturated carbocycles. The lowest BCUT2D eigenvalue weighted by Crippen LogP contribution is -1.97. The minimum atomic E-state index is -0.449. The van der Waals surface area contributed by atoms with Crippen molar-refractivity contribution in [3.8, 4) is 0 Å². The van der Waals surface area contributed by atoms with Crippen LogP contribution in [0.1, 0.15) is 0 Å². The summed E-state index contributed by atoms with van der Waals surface area (Å²) in [6.07, 6.45) is 0. The third-order valence-corrected chi connectivity index (χ3v) is 2.30. The van der Waals surface area contributed by atoms with Crippen LogP contribution in [0.4, 0.5) is 22.7 Å². The van der Waals surface area contributed by atoms with E-state index in [0.717, 1.165) is 5.69 Å². The van der Waals surface area contributed by atoms with Crippen LogP contribution in [0.25, 0.3) is 0 Å². The molecule has 2 aromatic carbocycles. The molecule has 0 fully saturated rings. The number of nitrogens with one attached hydrogen (secondary N) is 1. The van der Waals surface area contributed by atoms with Gasteiger partial charge in [-0.1, -0.05) is 18.2 Å². The first-order valence-electron chi connectivity index (χ1n) is 5.03. The number of nitro groups is 1. The largest absolute Gasteiger partial charge is 0.397 e. The highest BCUT2D eigenvalue weighted by Crippen LogP contribution is 2.27. The van der Waals surface area contributed by atoms with E-state index in [1.807, 2.05) is 30.3 Å². The van der Waals surface area contributed by atoms with Crippen LogP contribution in [-0.4, -0.2) is 4.92 Å². The molecule has 0 spiro atoms. The van der Waals surface area contributed by atoms with E-state index in [0.29, 0.717) is 11.4 Å². The Labute approximate surface area is 98.0 Å². The summed E-state index contributed by atoms with van der Waals surface area (Å²) in [5.74, 6) is 0. The van der Waals surface area contributed by atoms with Crippen molar-refractivity contribution in [1.82, 2.24) is 0 Å². The summed E-state index contributed by atoms with van der Waals surface area (Å²) >= 11 is 0. The van der Waals surface area contributed by atoms with E-state index in [9.17, 15) is 10.1 Å². The van der Waals surface area contributed by atoms with Gasteiger partial charge in [-0.3, -0.25) is 10.1 Å². The van der Waals surface area contributed by atoms with Crippen LogP contribution in [0.2, 0.25) is 0 Å². The van der Waals surface area contributed by atoms with Crippen molar-refractivity contribution in [2.45, 2.75) is 0 Å². The molecule has 2 aromatic rings. The highest BCUT2D eigenvalue weighted by atomic mass is 16.6. The van der Waals surface area contributed by atoms with Crippen LogP contribution in [0.5, 0.6) is 0 Å². The summed E-state index contributed by atoms with van der Waals surface area (Å²) in [4.78, 5) is 10.2. The molecule has 2 rings (SSSR count). The number of nitro benzene ring substituents is 1. The number of nitrogen functional groups attached to an aromatic ring is 1. The lowest BCUT2D eigenvalue weighted by atomic mass is 10.2. The third-order valence-electron chi connectivity index (χ3n) is 2.30. The summed E-state index contributed by atoms with van der Waals surface area (Å²) in [7, 11) is 0. The van der Waals surface area contributed by atoms with Crippen molar-refractivity contribution in [2.24, 2.45) is 0 Å². The van der Waals surface area contributed by atoms with Crippen LogP contribution in [0, 0.1) is 10.1 Å². The summed E-state index contributed by atoms with van der Waals surface area (Å²) in [5, 5.41) is 13.7. The Bertz CT molecular complexity index is 541. The Morgan fingerprint density at radius 1 is 1.12 bits per heavy atom. The molecule has 3 N–H and O–H groups in total. The van der Waals surface area contributed by atoms with Gasteiger partial charge >= 0.3 is 0 Å². The number of anilines is 3. The van der Waals surface area contributed by atoms with Gasteiger partial charge in [-0.2, -0.15) is 0 Å². The zero-order valence-electron chi connectivity index (χ0n) is 8.96. The molecule has 5 nitrogen and oxygen atoms in total. The molecule has 0 heterocycles. The number of nitrogens with zero attached hydrogens (tertiary/aromatic N) is 1. The first kappa shape index (κ1) is 10.9. The minimum Gasteiger partial charge on any atom is -0.397 e. The smallest absolute Gasteiger partial charge is 0.271 e. The highest BCUT2D eigenvalue weighted by molar-refractivity contribution is 5.74. The van der Waals surface area contributed by atoms with Crippen molar-refractivity contribution < 1.29 is 4.92 Å². The van der Waals surface area contributed by atoms with Crippen molar-refractivity contribution >= 4 is 22.7 Å². The SMILES string of the molecule is Nc1ccc([N+](=O)[O-])cc1Nc1ccccc1. The van der Waals surface area contributed by atoms with Crippen molar-refractivity contribution in [1.29, 1.82) is 0 Å². The van der Waals surface area contributed by atoms with Gasteiger partial charge in [0, 0.05) is 17.8 Å². The normalized spacial score (nSPS) is 9.88. The molecule has 0 bridgehead atoms. The Morgan fingerprint density at radius 3 is 2.47 bits per heavy atom. The Balaban J connectivity index is 2.32. The fourth-order valence-corrected chi connectivity index (χ4v) is 1.44. The first-order valence-corrected chi connectivity index (χ1v) is 5.03. The van der Waals surface area contributed by atoms with Crippen LogP contribution >= 0.6 is 0 Å². The van der Waals surface area contributed by atoms with Crippen LogP contribution in [0.3, 0.4) is 0 Å². The molecule has 0 aliphatic rings. The fourth-order valence-electron chi connectivity index (χ4n) is 1.44. The monoisotopic (exact) mass is 229 g/mol. The number of non-ortho nitro benzene ring substituents is 1. The van der Waals surface area contributed by atoms with Gasteiger partial charge in [0.1, 0.15) is 0 Å². The molecule has 0 aliphatic heterocycles. The number of para-hydroxylation sites is 1. The van der Waals surface area contributed by atoms with E-state index in [1.165, 1.54) is 18.2 Å². The quantitative estimate of drug-likeness (QED) is 0.481. The molecule has 0 aromatic heterocycles. The lowest BCUT2D eigenvalue weighted by molar-refractivity contribution is -0.384. The summed E-state index contributed by atoms with van der Waals surface area (Å²) in [5.41, 5.74) is 7.60. The third kappa shape index (κ3) is 2.52. The zero-order valence-corrected chi connectivity index (χ0v) is 8.96. The maximum absolute atomic E-state index is 10.7. The van der Waals surface area contributed by atoms with Crippen molar-refractivity contribution in [3.63, 3.8) is 0 Å². The molecule has 17 heavy (non-hydrogen) atoms. The second-order valence-corrected chi connectivity index (χ2v) is 3.52. The summed E-state index contributed by atoms with van der Waals surface area (Å²) in [6, 6.07) is 13.7. The van der Waals surface area contributed by atoms with E-state index < -0.39 is 4.92 Å². The maximum atomic E-state index is 10.7. The van der Waals surface area contributed by atoms with Gasteiger partial charge in [0.2, 0.25) is 0 Å². The molecule has 0 saturated heterocycles. The molecular formula is C12H11N3O2. The molecule has 0 unspecified atom stereocenters. The molecule has 0 radical (unpaired) electrons. The highest BCUT2D eigenvalue weighted by Gasteiger charge is 2.08. The van der Waals surface area contributed by atoms with Gasteiger partial charge in [0.15, 0.2) is 0 Å². The Kier molecular flexibility index (Phi) is 2.91. The second-order valence-electron chi connectivity index (χ2n) is 3.52. The second kappa shape index (κ2) is 4.52. The first-order chi connectivity index (χ1) is 8.16. The average Bonchev–Trinajstić information content (AvgIpc) is 2.33. The predicted molar refractivity (Wildman–Crippen MR) is 67.2 cm³/mol. The minimum absolute atomic E-state index is 0.0117. The molecular weight excluding hydrogens is 218 g/mol. The van der Waals surface area contributed by atoms with E-state index in [-0.39, 0.29) is 5.69 Å². The molecule has 5 heteroatoms. The van der Waals surface area contributed by atoms with Crippen molar-refractivity contribution in [2.75, 3.05) is 11.1 Å². The Morgan fingerprint density at radius 2 is 1.82 bits per heavy atom. The van der Waals surface area contributed by atoms with E-state index in [4.69, 9.17) is 5.73 Å².